The van der Waals surface area contributed by atoms with Crippen molar-refractivity contribution in [2.24, 2.45) is 11.8 Å². The molecule has 4 heterocycles. The Kier molecular flexibility index (Phi) is 14.2. The van der Waals surface area contributed by atoms with E-state index >= 15 is 0 Å². The highest BCUT2D eigenvalue weighted by Gasteiger charge is 2.41. The van der Waals surface area contributed by atoms with E-state index in [1.165, 1.54) is 17.2 Å². The summed E-state index contributed by atoms with van der Waals surface area (Å²) in [6, 6.07) is 45.0. The molecule has 4 aliphatic heterocycles. The molecule has 10 rings (SSSR count). The van der Waals surface area contributed by atoms with Crippen LogP contribution in [0.25, 0.3) is 0 Å². The second-order valence-electron chi connectivity index (χ2n) is 18.6. The van der Waals surface area contributed by atoms with Gasteiger partial charge in [-0.1, -0.05) is 156 Å². The lowest BCUT2D eigenvalue weighted by Crippen LogP contribution is -2.31. The van der Waals surface area contributed by atoms with Crippen LogP contribution < -0.4 is 0 Å². The van der Waals surface area contributed by atoms with Crippen molar-refractivity contribution in [3.63, 3.8) is 0 Å². The molecule has 0 saturated carbocycles. The van der Waals surface area contributed by atoms with Crippen molar-refractivity contribution in [1.29, 1.82) is 0 Å². The maximum Gasteiger partial charge on any atom is 0.264 e. The number of hydrogen-bond acceptors (Lipinski definition) is 8. The van der Waals surface area contributed by atoms with Gasteiger partial charge >= 0.3 is 0 Å². The highest BCUT2D eigenvalue weighted by atomic mass is 32.2. The van der Waals surface area contributed by atoms with Crippen LogP contribution in [0.1, 0.15) is 45.5 Å². The molecule has 372 valence electrons. The van der Waals surface area contributed by atoms with Crippen molar-refractivity contribution in [3.05, 3.63) is 239 Å². The molecular formula is C56H56N4O8S4. The summed E-state index contributed by atoms with van der Waals surface area (Å²) in [6.07, 6.45) is 10.9. The number of sulfonamides is 4. The Bertz CT molecular complexity index is 3290. The molecule has 4 atom stereocenters. The summed E-state index contributed by atoms with van der Waals surface area (Å²) in [6.45, 7) is 8.42. The van der Waals surface area contributed by atoms with Crippen molar-refractivity contribution >= 4 is 40.1 Å². The zero-order chi connectivity index (χ0) is 51.0. The Morgan fingerprint density at radius 3 is 0.917 bits per heavy atom. The predicted molar refractivity (Wildman–Crippen MR) is 280 cm³/mol. The van der Waals surface area contributed by atoms with Gasteiger partial charge in [-0.05, 0) is 98.5 Å². The molecule has 72 heavy (non-hydrogen) atoms. The Morgan fingerprint density at radius 2 is 0.625 bits per heavy atom. The van der Waals surface area contributed by atoms with E-state index in [0.29, 0.717) is 0 Å². The van der Waals surface area contributed by atoms with Crippen molar-refractivity contribution < 1.29 is 33.7 Å². The smallest absolute Gasteiger partial charge is 0.262 e. The van der Waals surface area contributed by atoms with E-state index in [9.17, 15) is 33.7 Å². The Balaban J connectivity index is 0.000000178. The maximum atomic E-state index is 13.9. The van der Waals surface area contributed by atoms with E-state index in [0.717, 1.165) is 44.5 Å². The van der Waals surface area contributed by atoms with Crippen molar-refractivity contribution in [1.82, 2.24) is 17.2 Å². The molecule has 0 radical (unpaired) electrons. The van der Waals surface area contributed by atoms with E-state index < -0.39 is 52.2 Å². The lowest BCUT2D eigenvalue weighted by atomic mass is 10.0. The molecule has 0 amide bonds. The van der Waals surface area contributed by atoms with Crippen molar-refractivity contribution in [2.75, 3.05) is 26.2 Å². The van der Waals surface area contributed by atoms with Crippen molar-refractivity contribution in [2.45, 2.75) is 59.4 Å². The zero-order valence-corrected chi connectivity index (χ0v) is 43.6. The van der Waals surface area contributed by atoms with E-state index in [1.807, 2.05) is 113 Å². The molecule has 4 aliphatic rings. The van der Waals surface area contributed by atoms with Gasteiger partial charge in [0.25, 0.3) is 20.0 Å². The third-order valence-electron chi connectivity index (χ3n) is 13.4. The van der Waals surface area contributed by atoms with Crippen LogP contribution in [0, 0.1) is 39.5 Å². The molecule has 0 aromatic heterocycles. The third-order valence-corrected chi connectivity index (χ3v) is 20.6. The molecule has 12 nitrogen and oxygen atoms in total. The standard InChI is InChI=1S/2C28H28N2O4S2/c2*1-21-8-13-26(14-9-21)35(31,32)29-18-24-12-17-28(23-6-4-3-5-7-23)30(20-25(24)19-29)36(33,34)27-15-10-22(2)11-16-27/h2*3-17,20,24,28H,18-19H2,1-2H3/t2*24-,28+/m10/s1. The molecule has 0 unspecified atom stereocenters. The lowest BCUT2D eigenvalue weighted by molar-refractivity contribution is 0.451. The fourth-order valence-electron chi connectivity index (χ4n) is 9.23. The number of fused-ring (bicyclic) bond motifs is 2. The van der Waals surface area contributed by atoms with Gasteiger partial charge in [-0.15, -0.1) is 0 Å². The van der Waals surface area contributed by atoms with Crippen LogP contribution in [0.2, 0.25) is 0 Å². The van der Waals surface area contributed by atoms with E-state index in [4.69, 9.17) is 0 Å². The van der Waals surface area contributed by atoms with Crippen LogP contribution in [0.3, 0.4) is 0 Å². The summed E-state index contributed by atoms with van der Waals surface area (Å²) in [5.74, 6) is -0.427. The first-order chi connectivity index (χ1) is 34.3. The Morgan fingerprint density at radius 1 is 0.347 bits per heavy atom. The molecule has 0 spiro atoms. The molecule has 0 bridgehead atoms. The summed E-state index contributed by atoms with van der Waals surface area (Å²) in [4.78, 5) is 0.862. The minimum Gasteiger partial charge on any atom is -0.262 e. The van der Waals surface area contributed by atoms with Gasteiger partial charge in [0.05, 0.1) is 31.7 Å². The summed E-state index contributed by atoms with van der Waals surface area (Å²) < 4.78 is 114. The van der Waals surface area contributed by atoms with Crippen LogP contribution in [0.5, 0.6) is 0 Å². The second-order valence-corrected chi connectivity index (χ2v) is 26.2. The monoisotopic (exact) mass is 1040 g/mol. The first-order valence-electron chi connectivity index (χ1n) is 23.5. The van der Waals surface area contributed by atoms with Gasteiger partial charge in [0.2, 0.25) is 20.0 Å². The summed E-state index contributed by atoms with van der Waals surface area (Å²) in [7, 11) is -15.2. The van der Waals surface area contributed by atoms with Crippen LogP contribution in [-0.4, -0.2) is 77.1 Å². The minimum absolute atomic E-state index is 0.132. The number of benzene rings is 6. The molecule has 16 heteroatoms. The molecule has 6 aromatic rings. The molecule has 0 aliphatic carbocycles. The van der Waals surface area contributed by atoms with Gasteiger partial charge in [0, 0.05) is 50.4 Å². The average Bonchev–Trinajstić information content (AvgIpc) is 3.88. The van der Waals surface area contributed by atoms with Gasteiger partial charge < -0.3 is 0 Å². The van der Waals surface area contributed by atoms with E-state index in [1.54, 1.807) is 109 Å². The summed E-state index contributed by atoms with van der Waals surface area (Å²) >= 11 is 0. The van der Waals surface area contributed by atoms with Gasteiger partial charge in [-0.3, -0.25) is 8.61 Å². The third kappa shape index (κ3) is 10.3. The highest BCUT2D eigenvalue weighted by Crippen LogP contribution is 2.40. The summed E-state index contributed by atoms with van der Waals surface area (Å²) in [5, 5.41) is 0. The maximum absolute atomic E-state index is 13.9. The highest BCUT2D eigenvalue weighted by molar-refractivity contribution is 7.90. The minimum atomic E-state index is -3.91. The number of hydrogen-bond donors (Lipinski definition) is 0. The normalized spacial score (nSPS) is 20.6. The number of nitrogens with zero attached hydrogens (tertiary/aromatic N) is 4. The fourth-order valence-corrected chi connectivity index (χ4v) is 15.1. The van der Waals surface area contributed by atoms with Crippen LogP contribution >= 0.6 is 0 Å². The van der Waals surface area contributed by atoms with Gasteiger partial charge in [-0.25, -0.2) is 33.7 Å². The fraction of sp³-hybridized carbons (Fsp3) is 0.214. The zero-order valence-electron chi connectivity index (χ0n) is 40.3. The van der Waals surface area contributed by atoms with E-state index in [-0.39, 0.29) is 57.6 Å². The molecule has 6 aromatic carbocycles. The largest absolute Gasteiger partial charge is 0.264 e. The average molecular weight is 1040 g/mol. The number of rotatable bonds is 10. The lowest BCUT2D eigenvalue weighted by Gasteiger charge is -2.28. The Labute approximate surface area is 424 Å². The van der Waals surface area contributed by atoms with Gasteiger partial charge in [0.15, 0.2) is 0 Å². The molecule has 2 fully saturated rings. The van der Waals surface area contributed by atoms with Crippen molar-refractivity contribution in [3.8, 4) is 0 Å². The Hall–Kier alpha value is -6.40. The quantitative estimate of drug-likeness (QED) is 0.123. The van der Waals surface area contributed by atoms with Gasteiger partial charge in [0.1, 0.15) is 0 Å². The molecular weight excluding hydrogens is 985 g/mol. The first kappa shape index (κ1) is 50.5. The second kappa shape index (κ2) is 20.2. The summed E-state index contributed by atoms with van der Waals surface area (Å²) in [5.41, 5.74) is 7.07. The van der Waals surface area contributed by atoms with Gasteiger partial charge in [-0.2, -0.15) is 8.61 Å². The predicted octanol–water partition coefficient (Wildman–Crippen LogP) is 9.62. The van der Waals surface area contributed by atoms with Crippen LogP contribution in [-0.2, 0) is 40.1 Å². The van der Waals surface area contributed by atoms with Crippen LogP contribution in [0.4, 0.5) is 0 Å². The first-order valence-corrected chi connectivity index (χ1v) is 29.3. The molecule has 2 saturated heterocycles. The molecule has 0 N–H and O–H groups in total. The van der Waals surface area contributed by atoms with Crippen LogP contribution in [0.15, 0.2) is 225 Å². The van der Waals surface area contributed by atoms with E-state index in [2.05, 4.69) is 0 Å². The number of aryl methyl sites for hydroxylation is 4. The SMILES string of the molecule is Cc1ccc(S(=O)(=O)N2CC3=CN(S(=O)(=O)c4ccc(C)cc4)[C@@H](c4ccccc4)C=C[C@H]3C2)cc1.Cc1ccc(S(=O)(=O)N2CC3=CN(S(=O)(=O)c4ccc(C)cc4)[C@H](c4ccccc4)C=C[C@@H]3C2)cc1. The topological polar surface area (TPSA) is 150 Å².